The second-order valence-electron chi connectivity index (χ2n) is 4.21. The SMILES string of the molecule is Cc1c[nH]c(C=C2C(=O)NN=C2OC(C)C)c1. The second kappa shape index (κ2) is 4.45. The first-order valence-corrected chi connectivity index (χ1v) is 5.48. The first kappa shape index (κ1) is 11.4. The maximum atomic E-state index is 11.6. The van der Waals surface area contributed by atoms with Crippen LogP contribution in [0.2, 0.25) is 0 Å². The van der Waals surface area contributed by atoms with Gasteiger partial charge in [-0.05, 0) is 38.5 Å². The Morgan fingerprint density at radius 1 is 1.47 bits per heavy atom. The molecule has 1 amide bonds. The molecule has 0 unspecified atom stereocenters. The van der Waals surface area contributed by atoms with E-state index >= 15 is 0 Å². The van der Waals surface area contributed by atoms with Gasteiger partial charge in [0.05, 0.1) is 6.10 Å². The van der Waals surface area contributed by atoms with Crippen molar-refractivity contribution in [1.29, 1.82) is 0 Å². The number of hydrogen-bond acceptors (Lipinski definition) is 3. The number of hydrazone groups is 1. The van der Waals surface area contributed by atoms with E-state index in [1.807, 2.05) is 33.0 Å². The summed E-state index contributed by atoms with van der Waals surface area (Å²) >= 11 is 0. The molecule has 0 bridgehead atoms. The van der Waals surface area contributed by atoms with Gasteiger partial charge in [0.2, 0.25) is 5.90 Å². The van der Waals surface area contributed by atoms with Crippen LogP contribution in [0.1, 0.15) is 25.1 Å². The topological polar surface area (TPSA) is 66.5 Å². The van der Waals surface area contributed by atoms with Crippen molar-refractivity contribution in [2.75, 3.05) is 0 Å². The molecule has 1 aromatic heterocycles. The number of H-pyrrole nitrogens is 1. The lowest BCUT2D eigenvalue weighted by atomic mass is 10.2. The Kier molecular flexibility index (Phi) is 2.99. The van der Waals surface area contributed by atoms with Gasteiger partial charge in [0.25, 0.3) is 5.91 Å². The van der Waals surface area contributed by atoms with Gasteiger partial charge in [-0.2, -0.15) is 0 Å². The molecule has 1 aromatic rings. The number of aromatic amines is 1. The molecule has 1 aliphatic heterocycles. The fraction of sp³-hybridized carbons (Fsp3) is 0.333. The fourth-order valence-corrected chi connectivity index (χ4v) is 1.52. The van der Waals surface area contributed by atoms with Crippen LogP contribution in [-0.2, 0) is 9.53 Å². The van der Waals surface area contributed by atoms with E-state index in [9.17, 15) is 4.79 Å². The molecule has 5 heteroatoms. The lowest BCUT2D eigenvalue weighted by Crippen LogP contribution is -2.16. The Labute approximate surface area is 99.6 Å². The second-order valence-corrected chi connectivity index (χ2v) is 4.21. The Balaban J connectivity index is 2.26. The van der Waals surface area contributed by atoms with Gasteiger partial charge in [-0.15, -0.1) is 5.10 Å². The van der Waals surface area contributed by atoms with Gasteiger partial charge in [-0.3, -0.25) is 4.79 Å². The van der Waals surface area contributed by atoms with Crippen molar-refractivity contribution in [2.45, 2.75) is 26.9 Å². The Hall–Kier alpha value is -2.04. The lowest BCUT2D eigenvalue weighted by Gasteiger charge is -2.08. The van der Waals surface area contributed by atoms with Crippen LogP contribution in [0, 0.1) is 6.92 Å². The minimum atomic E-state index is -0.243. The molecule has 0 aliphatic carbocycles. The first-order valence-electron chi connectivity index (χ1n) is 5.48. The molecule has 0 saturated heterocycles. The van der Waals surface area contributed by atoms with Crippen molar-refractivity contribution in [3.8, 4) is 0 Å². The molecule has 2 rings (SSSR count). The van der Waals surface area contributed by atoms with Crippen molar-refractivity contribution in [1.82, 2.24) is 10.4 Å². The Morgan fingerprint density at radius 2 is 2.24 bits per heavy atom. The molecular formula is C12H15N3O2. The van der Waals surface area contributed by atoms with Gasteiger partial charge in [0, 0.05) is 11.9 Å². The average Bonchev–Trinajstić information content (AvgIpc) is 2.78. The molecule has 90 valence electrons. The number of hydrogen-bond donors (Lipinski definition) is 2. The molecule has 0 aromatic carbocycles. The monoisotopic (exact) mass is 233 g/mol. The zero-order valence-corrected chi connectivity index (χ0v) is 10.1. The fourth-order valence-electron chi connectivity index (χ4n) is 1.52. The van der Waals surface area contributed by atoms with E-state index in [4.69, 9.17) is 4.74 Å². The predicted octanol–water partition coefficient (Wildman–Crippen LogP) is 1.57. The van der Waals surface area contributed by atoms with Crippen LogP contribution in [0.5, 0.6) is 0 Å². The van der Waals surface area contributed by atoms with E-state index < -0.39 is 0 Å². The highest BCUT2D eigenvalue weighted by Crippen LogP contribution is 2.14. The molecule has 2 heterocycles. The third-order valence-electron chi connectivity index (χ3n) is 2.23. The first-order chi connectivity index (χ1) is 8.06. The largest absolute Gasteiger partial charge is 0.473 e. The van der Waals surface area contributed by atoms with E-state index in [2.05, 4.69) is 15.5 Å². The molecular weight excluding hydrogens is 218 g/mol. The van der Waals surface area contributed by atoms with Crippen molar-refractivity contribution in [3.63, 3.8) is 0 Å². The minimum Gasteiger partial charge on any atom is -0.473 e. The standard InChI is InChI=1S/C12H15N3O2/c1-7(2)17-12-10(11(16)14-15-12)5-9-4-8(3)6-13-9/h4-7,13H,1-3H3,(H,14,16). The Bertz CT molecular complexity index is 498. The average molecular weight is 233 g/mol. The maximum Gasteiger partial charge on any atom is 0.277 e. The van der Waals surface area contributed by atoms with Crippen LogP contribution in [0.4, 0.5) is 0 Å². The summed E-state index contributed by atoms with van der Waals surface area (Å²) in [5, 5.41) is 3.85. The van der Waals surface area contributed by atoms with Crippen LogP contribution < -0.4 is 5.43 Å². The molecule has 5 nitrogen and oxygen atoms in total. The smallest absolute Gasteiger partial charge is 0.277 e. The third-order valence-corrected chi connectivity index (χ3v) is 2.23. The zero-order chi connectivity index (χ0) is 12.4. The number of amides is 1. The van der Waals surface area contributed by atoms with Crippen molar-refractivity contribution in [2.24, 2.45) is 5.10 Å². The van der Waals surface area contributed by atoms with Crippen LogP contribution in [0.3, 0.4) is 0 Å². The number of ether oxygens (including phenoxy) is 1. The Morgan fingerprint density at radius 3 is 2.82 bits per heavy atom. The molecule has 0 saturated carbocycles. The number of aryl methyl sites for hydroxylation is 1. The van der Waals surface area contributed by atoms with Crippen molar-refractivity contribution in [3.05, 3.63) is 29.1 Å². The summed E-state index contributed by atoms with van der Waals surface area (Å²) in [6.45, 7) is 5.76. The number of aromatic nitrogens is 1. The highest BCUT2D eigenvalue weighted by atomic mass is 16.5. The summed E-state index contributed by atoms with van der Waals surface area (Å²) < 4.78 is 5.46. The molecule has 17 heavy (non-hydrogen) atoms. The van der Waals surface area contributed by atoms with E-state index in [1.54, 1.807) is 6.08 Å². The number of carbonyl (C=O) groups excluding carboxylic acids is 1. The summed E-state index contributed by atoms with van der Waals surface area (Å²) in [5.74, 6) is 0.102. The zero-order valence-electron chi connectivity index (χ0n) is 10.1. The minimum absolute atomic E-state index is 0.0183. The molecule has 0 spiro atoms. The summed E-state index contributed by atoms with van der Waals surface area (Å²) in [6, 6.07) is 1.95. The molecule has 0 fully saturated rings. The van der Waals surface area contributed by atoms with Crippen LogP contribution in [-0.4, -0.2) is 22.9 Å². The van der Waals surface area contributed by atoms with Gasteiger partial charge < -0.3 is 9.72 Å². The number of nitrogens with one attached hydrogen (secondary N) is 2. The van der Waals surface area contributed by atoms with Gasteiger partial charge in [-0.25, -0.2) is 5.43 Å². The van der Waals surface area contributed by atoms with Gasteiger partial charge >= 0.3 is 0 Å². The number of carbonyl (C=O) groups is 1. The number of nitrogens with zero attached hydrogens (tertiary/aromatic N) is 1. The number of rotatable bonds is 2. The predicted molar refractivity (Wildman–Crippen MR) is 65.3 cm³/mol. The molecule has 1 aliphatic rings. The maximum absolute atomic E-state index is 11.6. The summed E-state index contributed by atoms with van der Waals surface area (Å²) in [4.78, 5) is 14.6. The molecule has 0 radical (unpaired) electrons. The normalized spacial score (nSPS) is 17.5. The van der Waals surface area contributed by atoms with E-state index in [1.165, 1.54) is 0 Å². The van der Waals surface area contributed by atoms with Crippen molar-refractivity contribution < 1.29 is 9.53 Å². The highest BCUT2D eigenvalue weighted by molar-refractivity contribution is 6.24. The van der Waals surface area contributed by atoms with Gasteiger partial charge in [0.1, 0.15) is 5.57 Å². The third kappa shape index (κ3) is 2.55. The van der Waals surface area contributed by atoms with E-state index in [0.29, 0.717) is 11.5 Å². The molecule has 2 N–H and O–H groups in total. The lowest BCUT2D eigenvalue weighted by molar-refractivity contribution is -0.116. The van der Waals surface area contributed by atoms with Crippen LogP contribution >= 0.6 is 0 Å². The van der Waals surface area contributed by atoms with Crippen LogP contribution in [0.25, 0.3) is 6.08 Å². The van der Waals surface area contributed by atoms with E-state index in [0.717, 1.165) is 11.3 Å². The van der Waals surface area contributed by atoms with E-state index in [-0.39, 0.29) is 12.0 Å². The quantitative estimate of drug-likeness (QED) is 0.761. The summed E-state index contributed by atoms with van der Waals surface area (Å²) in [6.07, 6.45) is 3.59. The summed E-state index contributed by atoms with van der Waals surface area (Å²) in [5.41, 5.74) is 4.80. The van der Waals surface area contributed by atoms with Gasteiger partial charge in [-0.1, -0.05) is 0 Å². The van der Waals surface area contributed by atoms with Crippen LogP contribution in [0.15, 0.2) is 22.9 Å². The van der Waals surface area contributed by atoms with Gasteiger partial charge in [0.15, 0.2) is 0 Å². The highest BCUT2D eigenvalue weighted by Gasteiger charge is 2.25. The summed E-state index contributed by atoms with van der Waals surface area (Å²) in [7, 11) is 0. The van der Waals surface area contributed by atoms with Crippen molar-refractivity contribution >= 4 is 17.9 Å². The molecule has 0 atom stereocenters.